The number of carbonyl (C=O) groups excluding carboxylic acids is 1. The van der Waals surface area contributed by atoms with E-state index in [1.807, 2.05) is 28.9 Å². The molecule has 0 aliphatic carbocycles. The lowest BCUT2D eigenvalue weighted by Crippen LogP contribution is -2.48. The quantitative estimate of drug-likeness (QED) is 0.697. The Morgan fingerprint density at radius 3 is 2.65 bits per heavy atom. The molecule has 1 fully saturated rings. The zero-order valence-electron chi connectivity index (χ0n) is 14.1. The third-order valence-corrected chi connectivity index (χ3v) is 4.33. The standard InChI is InChI=1S/C18H19N5O.2ClH/c24-18(21-9-14-7-19-8-14)16-6-15-11-22-23(17(15)20-10-16)12-13-4-2-1-3-5-13;;/h1-6,10-11,14,19H,7-9,12H2,(H,21,24);2*1H. The smallest absolute Gasteiger partial charge is 0.252 e. The number of fused-ring (bicyclic) bond motifs is 1. The largest absolute Gasteiger partial charge is 0.352 e. The number of hydrogen-bond donors (Lipinski definition) is 2. The van der Waals surface area contributed by atoms with Crippen LogP contribution in [0.1, 0.15) is 15.9 Å². The van der Waals surface area contributed by atoms with Gasteiger partial charge in [-0.15, -0.1) is 24.8 Å². The van der Waals surface area contributed by atoms with E-state index in [0.717, 1.165) is 24.1 Å². The van der Waals surface area contributed by atoms with Gasteiger partial charge in [0.1, 0.15) is 0 Å². The van der Waals surface area contributed by atoms with Gasteiger partial charge in [-0.3, -0.25) is 4.79 Å². The molecule has 0 unspecified atom stereocenters. The Morgan fingerprint density at radius 2 is 1.96 bits per heavy atom. The normalized spacial score (nSPS) is 13.4. The summed E-state index contributed by atoms with van der Waals surface area (Å²) in [6, 6.07) is 12.0. The van der Waals surface area contributed by atoms with Crippen LogP contribution in [0.3, 0.4) is 0 Å². The molecule has 2 N–H and O–H groups in total. The highest BCUT2D eigenvalue weighted by Gasteiger charge is 2.18. The molecular formula is C18H21Cl2N5O. The third-order valence-electron chi connectivity index (χ3n) is 4.33. The van der Waals surface area contributed by atoms with E-state index in [9.17, 15) is 4.79 Å². The second-order valence-corrected chi connectivity index (χ2v) is 6.16. The average molecular weight is 394 g/mol. The van der Waals surface area contributed by atoms with Crippen LogP contribution in [0.15, 0.2) is 48.8 Å². The summed E-state index contributed by atoms with van der Waals surface area (Å²) in [6.07, 6.45) is 3.39. The molecule has 3 heterocycles. The lowest BCUT2D eigenvalue weighted by atomic mass is 10.0. The van der Waals surface area contributed by atoms with Gasteiger partial charge in [-0.25, -0.2) is 9.67 Å². The Hall–Kier alpha value is -2.15. The molecule has 0 spiro atoms. The Bertz CT molecular complexity index is 864. The van der Waals surface area contributed by atoms with Crippen LogP contribution in [0.4, 0.5) is 0 Å². The molecule has 1 amide bonds. The van der Waals surface area contributed by atoms with Crippen molar-refractivity contribution in [2.75, 3.05) is 19.6 Å². The van der Waals surface area contributed by atoms with Gasteiger partial charge in [-0.05, 0) is 11.6 Å². The lowest BCUT2D eigenvalue weighted by Gasteiger charge is -2.27. The monoisotopic (exact) mass is 393 g/mol. The number of aromatic nitrogens is 3. The molecule has 1 aromatic carbocycles. The number of nitrogens with zero attached hydrogens (tertiary/aromatic N) is 3. The summed E-state index contributed by atoms with van der Waals surface area (Å²) in [7, 11) is 0. The van der Waals surface area contributed by atoms with Crippen LogP contribution in [0.25, 0.3) is 11.0 Å². The maximum absolute atomic E-state index is 12.2. The van der Waals surface area contributed by atoms with Crippen molar-refractivity contribution in [1.29, 1.82) is 0 Å². The zero-order valence-corrected chi connectivity index (χ0v) is 15.7. The molecule has 3 aromatic rings. The molecule has 0 bridgehead atoms. The van der Waals surface area contributed by atoms with E-state index in [1.54, 1.807) is 12.4 Å². The van der Waals surface area contributed by atoms with Crippen molar-refractivity contribution in [3.63, 3.8) is 0 Å². The SMILES string of the molecule is Cl.Cl.O=C(NCC1CNC1)c1cnc2c(cnn2Cc2ccccc2)c1. The molecule has 8 heteroatoms. The van der Waals surface area contributed by atoms with E-state index >= 15 is 0 Å². The molecule has 138 valence electrons. The van der Waals surface area contributed by atoms with Gasteiger partial charge in [0, 0.05) is 37.1 Å². The molecule has 6 nitrogen and oxygen atoms in total. The minimum atomic E-state index is -0.0768. The number of carbonyl (C=O) groups is 1. The molecule has 0 radical (unpaired) electrons. The number of hydrogen-bond acceptors (Lipinski definition) is 4. The number of pyridine rings is 1. The predicted octanol–water partition coefficient (Wildman–Crippen LogP) is 2.27. The lowest BCUT2D eigenvalue weighted by molar-refractivity contribution is 0.0942. The van der Waals surface area contributed by atoms with Crippen molar-refractivity contribution < 1.29 is 4.79 Å². The van der Waals surface area contributed by atoms with Crippen molar-refractivity contribution >= 4 is 41.8 Å². The first-order valence-corrected chi connectivity index (χ1v) is 8.14. The zero-order chi connectivity index (χ0) is 16.4. The fourth-order valence-electron chi connectivity index (χ4n) is 2.80. The summed E-state index contributed by atoms with van der Waals surface area (Å²) >= 11 is 0. The van der Waals surface area contributed by atoms with Crippen LogP contribution in [0.5, 0.6) is 0 Å². The Kier molecular flexibility index (Phi) is 6.97. The van der Waals surface area contributed by atoms with Crippen molar-refractivity contribution in [1.82, 2.24) is 25.4 Å². The summed E-state index contributed by atoms with van der Waals surface area (Å²) in [5.41, 5.74) is 2.54. The minimum absolute atomic E-state index is 0. The van der Waals surface area contributed by atoms with Crippen LogP contribution in [0, 0.1) is 5.92 Å². The summed E-state index contributed by atoms with van der Waals surface area (Å²) in [6.45, 7) is 3.32. The highest BCUT2D eigenvalue weighted by molar-refractivity contribution is 5.96. The minimum Gasteiger partial charge on any atom is -0.352 e. The van der Waals surface area contributed by atoms with Crippen molar-refractivity contribution in [3.8, 4) is 0 Å². The number of rotatable bonds is 5. The van der Waals surface area contributed by atoms with Gasteiger partial charge in [0.05, 0.1) is 18.3 Å². The summed E-state index contributed by atoms with van der Waals surface area (Å²) in [5.74, 6) is 0.464. The number of benzene rings is 1. The topological polar surface area (TPSA) is 71.8 Å². The fraction of sp³-hybridized carbons (Fsp3) is 0.278. The first kappa shape index (κ1) is 20.2. The summed E-state index contributed by atoms with van der Waals surface area (Å²) in [4.78, 5) is 16.7. The van der Waals surface area contributed by atoms with E-state index in [-0.39, 0.29) is 30.7 Å². The first-order valence-electron chi connectivity index (χ1n) is 8.14. The molecule has 0 saturated carbocycles. The summed E-state index contributed by atoms with van der Waals surface area (Å²) < 4.78 is 1.85. The van der Waals surface area contributed by atoms with Crippen LogP contribution in [-0.2, 0) is 6.54 Å². The van der Waals surface area contributed by atoms with Crippen molar-refractivity contribution in [2.24, 2.45) is 5.92 Å². The van der Waals surface area contributed by atoms with E-state index in [4.69, 9.17) is 0 Å². The Balaban J connectivity index is 0.00000121. The van der Waals surface area contributed by atoms with Gasteiger partial charge in [-0.2, -0.15) is 5.10 Å². The van der Waals surface area contributed by atoms with Gasteiger partial charge in [0.25, 0.3) is 5.91 Å². The highest BCUT2D eigenvalue weighted by atomic mass is 35.5. The molecule has 1 aliphatic rings. The van der Waals surface area contributed by atoms with E-state index in [0.29, 0.717) is 24.6 Å². The number of amides is 1. The van der Waals surface area contributed by atoms with E-state index in [1.165, 1.54) is 5.56 Å². The molecule has 0 atom stereocenters. The van der Waals surface area contributed by atoms with Crippen LogP contribution in [-0.4, -0.2) is 40.3 Å². The molecule has 1 saturated heterocycles. The molecular weight excluding hydrogens is 373 g/mol. The van der Waals surface area contributed by atoms with Gasteiger partial charge >= 0.3 is 0 Å². The fourth-order valence-corrected chi connectivity index (χ4v) is 2.80. The third kappa shape index (κ3) is 4.33. The number of halogens is 2. The molecule has 2 aromatic heterocycles. The van der Waals surface area contributed by atoms with Gasteiger partial charge in [0.15, 0.2) is 5.65 Å². The Labute approximate surface area is 164 Å². The average Bonchev–Trinajstić information content (AvgIpc) is 2.96. The van der Waals surface area contributed by atoms with Gasteiger partial charge in [0.2, 0.25) is 0 Å². The van der Waals surface area contributed by atoms with Crippen molar-refractivity contribution in [2.45, 2.75) is 6.54 Å². The first-order chi connectivity index (χ1) is 11.8. The molecule has 4 rings (SSSR count). The van der Waals surface area contributed by atoms with Crippen LogP contribution in [0.2, 0.25) is 0 Å². The maximum Gasteiger partial charge on any atom is 0.252 e. The predicted molar refractivity (Wildman–Crippen MR) is 106 cm³/mol. The van der Waals surface area contributed by atoms with Gasteiger partial charge < -0.3 is 10.6 Å². The maximum atomic E-state index is 12.2. The second-order valence-electron chi connectivity index (χ2n) is 6.16. The van der Waals surface area contributed by atoms with Crippen LogP contribution < -0.4 is 10.6 Å². The summed E-state index contributed by atoms with van der Waals surface area (Å²) in [5, 5.41) is 11.4. The Morgan fingerprint density at radius 1 is 1.19 bits per heavy atom. The highest BCUT2D eigenvalue weighted by Crippen LogP contribution is 2.15. The van der Waals surface area contributed by atoms with E-state index < -0.39 is 0 Å². The second kappa shape index (κ2) is 8.98. The molecule has 26 heavy (non-hydrogen) atoms. The van der Waals surface area contributed by atoms with Gasteiger partial charge in [-0.1, -0.05) is 30.3 Å². The van der Waals surface area contributed by atoms with E-state index in [2.05, 4.69) is 32.8 Å². The molecule has 1 aliphatic heterocycles. The van der Waals surface area contributed by atoms with Crippen molar-refractivity contribution in [3.05, 3.63) is 59.9 Å². The number of nitrogens with one attached hydrogen (secondary N) is 2. The van der Waals surface area contributed by atoms with Crippen LogP contribution >= 0.6 is 24.8 Å².